The molecule has 1 aliphatic rings. The highest BCUT2D eigenvalue weighted by Crippen LogP contribution is 2.45. The number of alkyl halides is 3. The molecule has 1 fully saturated rings. The average Bonchev–Trinajstić information content (AvgIpc) is 3.17. The summed E-state index contributed by atoms with van der Waals surface area (Å²) in [6, 6.07) is 6.36. The lowest BCUT2D eigenvalue weighted by Gasteiger charge is -2.14. The maximum Gasteiger partial charge on any atom is 0.573 e. The maximum atomic E-state index is 12.4. The molecule has 0 saturated heterocycles. The zero-order chi connectivity index (χ0) is 16.2. The highest BCUT2D eigenvalue weighted by atomic mass is 19.4. The lowest BCUT2D eigenvalue weighted by Crippen LogP contribution is -2.39. The molecule has 1 aromatic rings. The lowest BCUT2D eigenvalue weighted by molar-refractivity contribution is -0.274. The van der Waals surface area contributed by atoms with Crippen molar-refractivity contribution in [3.63, 3.8) is 0 Å². The molecule has 4 nitrogen and oxygen atoms in total. The number of hydrogen-bond acceptors (Lipinski definition) is 2. The van der Waals surface area contributed by atoms with Gasteiger partial charge in [0.15, 0.2) is 5.96 Å². The van der Waals surface area contributed by atoms with Gasteiger partial charge in [-0.2, -0.15) is 0 Å². The fraction of sp³-hybridized carbons (Fsp3) is 0.533. The fourth-order valence-electron chi connectivity index (χ4n) is 2.36. The van der Waals surface area contributed by atoms with Crippen molar-refractivity contribution in [2.75, 3.05) is 13.1 Å². The molecular formula is C15H20F3N3O. The topological polar surface area (TPSA) is 45.7 Å². The SMILES string of the molecule is CCN=C(NCC)NC1CC1c1ccccc1OC(F)(F)F. The van der Waals surface area contributed by atoms with Crippen LogP contribution in [0, 0.1) is 0 Å². The molecule has 1 aliphatic carbocycles. The van der Waals surface area contributed by atoms with E-state index in [1.54, 1.807) is 12.1 Å². The molecule has 0 heterocycles. The van der Waals surface area contributed by atoms with Gasteiger partial charge in [-0.05, 0) is 31.9 Å². The van der Waals surface area contributed by atoms with Crippen LogP contribution in [0.3, 0.4) is 0 Å². The summed E-state index contributed by atoms with van der Waals surface area (Å²) in [5.74, 6) is 0.563. The Kier molecular flexibility index (Phi) is 5.15. The van der Waals surface area contributed by atoms with Gasteiger partial charge in [0.25, 0.3) is 0 Å². The van der Waals surface area contributed by atoms with Crippen LogP contribution >= 0.6 is 0 Å². The molecule has 1 aromatic carbocycles. The fourth-order valence-corrected chi connectivity index (χ4v) is 2.36. The first kappa shape index (κ1) is 16.5. The molecule has 2 N–H and O–H groups in total. The summed E-state index contributed by atoms with van der Waals surface area (Å²) in [4.78, 5) is 4.29. The summed E-state index contributed by atoms with van der Waals surface area (Å²) in [5.41, 5.74) is 0.574. The highest BCUT2D eigenvalue weighted by Gasteiger charge is 2.42. The van der Waals surface area contributed by atoms with E-state index in [0.717, 1.165) is 13.0 Å². The Bertz CT molecular complexity index is 531. The number of aliphatic imine (C=N–C) groups is 1. The molecule has 1 saturated carbocycles. The number of benzene rings is 1. The molecule has 0 aliphatic heterocycles. The van der Waals surface area contributed by atoms with Crippen molar-refractivity contribution in [2.45, 2.75) is 38.6 Å². The molecule has 0 amide bonds. The van der Waals surface area contributed by atoms with Crippen molar-refractivity contribution >= 4 is 5.96 Å². The van der Waals surface area contributed by atoms with Crippen LogP contribution in [0.5, 0.6) is 5.75 Å². The molecule has 122 valence electrons. The first-order valence-corrected chi connectivity index (χ1v) is 7.34. The summed E-state index contributed by atoms with van der Waals surface area (Å²) in [6.07, 6.45) is -3.92. The summed E-state index contributed by atoms with van der Waals surface area (Å²) >= 11 is 0. The largest absolute Gasteiger partial charge is 0.573 e. The lowest BCUT2D eigenvalue weighted by atomic mass is 10.1. The Labute approximate surface area is 127 Å². The van der Waals surface area contributed by atoms with Gasteiger partial charge < -0.3 is 15.4 Å². The van der Waals surface area contributed by atoms with Gasteiger partial charge in [0.1, 0.15) is 5.75 Å². The van der Waals surface area contributed by atoms with Crippen molar-refractivity contribution in [1.82, 2.24) is 10.6 Å². The Morgan fingerprint density at radius 2 is 2.05 bits per heavy atom. The van der Waals surface area contributed by atoms with Gasteiger partial charge in [-0.25, -0.2) is 0 Å². The minimum absolute atomic E-state index is 0.000683. The second-order valence-electron chi connectivity index (χ2n) is 5.03. The molecular weight excluding hydrogens is 295 g/mol. The van der Waals surface area contributed by atoms with Gasteiger partial charge >= 0.3 is 6.36 Å². The molecule has 0 aromatic heterocycles. The number of nitrogens with zero attached hydrogens (tertiary/aromatic N) is 1. The van der Waals surface area contributed by atoms with Gasteiger partial charge in [-0.15, -0.1) is 13.2 Å². The number of nitrogens with one attached hydrogen (secondary N) is 2. The van der Waals surface area contributed by atoms with E-state index in [0.29, 0.717) is 18.1 Å². The summed E-state index contributed by atoms with van der Waals surface area (Å²) < 4.78 is 41.4. The normalized spacial score (nSPS) is 21.4. The maximum absolute atomic E-state index is 12.4. The van der Waals surface area contributed by atoms with Crippen LogP contribution in [0.4, 0.5) is 13.2 Å². The Morgan fingerprint density at radius 3 is 2.68 bits per heavy atom. The summed E-state index contributed by atoms with van der Waals surface area (Å²) in [5, 5.41) is 6.34. The summed E-state index contributed by atoms with van der Waals surface area (Å²) in [6.45, 7) is 5.26. The third-order valence-electron chi connectivity index (χ3n) is 3.32. The first-order valence-electron chi connectivity index (χ1n) is 7.34. The molecule has 0 spiro atoms. The van der Waals surface area contributed by atoms with Crippen molar-refractivity contribution in [3.8, 4) is 5.75 Å². The second kappa shape index (κ2) is 6.89. The van der Waals surface area contributed by atoms with Gasteiger partial charge in [0.2, 0.25) is 0 Å². The van der Waals surface area contributed by atoms with Crippen LogP contribution in [-0.2, 0) is 0 Å². The van der Waals surface area contributed by atoms with Gasteiger partial charge in [0, 0.05) is 25.0 Å². The third kappa shape index (κ3) is 4.54. The van der Waals surface area contributed by atoms with Crippen molar-refractivity contribution in [1.29, 1.82) is 0 Å². The number of hydrogen-bond donors (Lipinski definition) is 2. The smallest absolute Gasteiger partial charge is 0.405 e. The quantitative estimate of drug-likeness (QED) is 0.648. The first-order chi connectivity index (χ1) is 10.4. The van der Waals surface area contributed by atoms with E-state index in [9.17, 15) is 13.2 Å². The molecule has 2 unspecified atom stereocenters. The van der Waals surface area contributed by atoms with E-state index in [2.05, 4.69) is 20.4 Å². The van der Waals surface area contributed by atoms with Crippen LogP contribution < -0.4 is 15.4 Å². The molecule has 22 heavy (non-hydrogen) atoms. The van der Waals surface area contributed by atoms with Crippen LogP contribution in [0.1, 0.15) is 31.7 Å². The van der Waals surface area contributed by atoms with Crippen molar-refractivity contribution < 1.29 is 17.9 Å². The average molecular weight is 315 g/mol. The van der Waals surface area contributed by atoms with Gasteiger partial charge in [0.05, 0.1) is 0 Å². The Hall–Kier alpha value is -1.92. The third-order valence-corrected chi connectivity index (χ3v) is 3.32. The Morgan fingerprint density at radius 1 is 1.32 bits per heavy atom. The van der Waals surface area contributed by atoms with E-state index >= 15 is 0 Å². The van der Waals surface area contributed by atoms with Crippen LogP contribution in [0.25, 0.3) is 0 Å². The zero-order valence-corrected chi connectivity index (χ0v) is 12.6. The second-order valence-corrected chi connectivity index (χ2v) is 5.03. The minimum atomic E-state index is -4.67. The predicted octanol–water partition coefficient (Wildman–Crippen LogP) is 3.02. The van der Waals surface area contributed by atoms with E-state index in [1.165, 1.54) is 12.1 Å². The van der Waals surface area contributed by atoms with Gasteiger partial charge in [-0.3, -0.25) is 4.99 Å². The van der Waals surface area contributed by atoms with Crippen LogP contribution in [0.2, 0.25) is 0 Å². The van der Waals surface area contributed by atoms with Crippen LogP contribution in [0.15, 0.2) is 29.3 Å². The standard InChI is InChI=1S/C15H20F3N3O/c1-3-19-14(20-4-2)21-12-9-11(12)10-7-5-6-8-13(10)22-15(16,17)18/h5-8,11-12H,3-4,9H2,1-2H3,(H2,19,20,21). The monoisotopic (exact) mass is 315 g/mol. The van der Waals surface area contributed by atoms with E-state index in [4.69, 9.17) is 0 Å². The highest BCUT2D eigenvalue weighted by molar-refractivity contribution is 5.80. The summed E-state index contributed by atoms with van der Waals surface area (Å²) in [7, 11) is 0. The zero-order valence-electron chi connectivity index (χ0n) is 12.6. The minimum Gasteiger partial charge on any atom is -0.405 e. The Balaban J connectivity index is 2.04. The number of para-hydroxylation sites is 1. The number of halogens is 3. The van der Waals surface area contributed by atoms with Crippen molar-refractivity contribution in [3.05, 3.63) is 29.8 Å². The predicted molar refractivity (Wildman–Crippen MR) is 79.1 cm³/mol. The number of guanidine groups is 1. The van der Waals surface area contributed by atoms with Gasteiger partial charge in [-0.1, -0.05) is 18.2 Å². The molecule has 0 bridgehead atoms. The van der Waals surface area contributed by atoms with Crippen LogP contribution in [-0.4, -0.2) is 31.5 Å². The van der Waals surface area contributed by atoms with E-state index < -0.39 is 6.36 Å². The molecule has 0 radical (unpaired) electrons. The molecule has 2 rings (SSSR count). The van der Waals surface area contributed by atoms with E-state index in [1.807, 2.05) is 13.8 Å². The van der Waals surface area contributed by atoms with Crippen molar-refractivity contribution in [2.24, 2.45) is 4.99 Å². The number of ether oxygens (including phenoxy) is 1. The molecule has 2 atom stereocenters. The molecule has 7 heteroatoms. The number of rotatable bonds is 5. The van der Waals surface area contributed by atoms with E-state index in [-0.39, 0.29) is 17.7 Å².